The summed E-state index contributed by atoms with van der Waals surface area (Å²) in [5.74, 6) is 0.810. The van der Waals surface area contributed by atoms with Crippen molar-refractivity contribution in [3.63, 3.8) is 0 Å². The maximum absolute atomic E-state index is 11.7. The molecule has 21 heavy (non-hydrogen) atoms. The molecule has 3 nitrogen and oxygen atoms in total. The quantitative estimate of drug-likeness (QED) is 0.882. The Balaban J connectivity index is 1.69. The van der Waals surface area contributed by atoms with Gasteiger partial charge in [0.15, 0.2) is 0 Å². The first-order chi connectivity index (χ1) is 10.1. The number of amides is 1. The van der Waals surface area contributed by atoms with Gasteiger partial charge in [0.1, 0.15) is 5.75 Å². The zero-order valence-corrected chi connectivity index (χ0v) is 12.6. The van der Waals surface area contributed by atoms with Gasteiger partial charge in [-0.2, -0.15) is 0 Å². The van der Waals surface area contributed by atoms with E-state index < -0.39 is 0 Å². The Morgan fingerprint density at radius 1 is 1.05 bits per heavy atom. The number of hydrogen-bond acceptors (Lipinski definition) is 2. The fraction of sp³-hybridized carbons (Fsp3) is 0.278. The Hall–Kier alpha value is -2.29. The highest BCUT2D eigenvalue weighted by atomic mass is 16.5. The van der Waals surface area contributed by atoms with Gasteiger partial charge >= 0.3 is 0 Å². The molecule has 0 bridgehead atoms. The van der Waals surface area contributed by atoms with Crippen LogP contribution in [0.15, 0.2) is 48.5 Å². The molecule has 0 aliphatic rings. The molecule has 0 radical (unpaired) electrons. The topological polar surface area (TPSA) is 38.3 Å². The standard InChI is InChI=1S/C18H21NO2/c1-14-6-8-16(9-7-14)13-19-18(20)10-11-21-17-5-3-4-15(2)12-17/h3-9,12H,10-11,13H2,1-2H3,(H,19,20). The molecule has 0 saturated heterocycles. The second-order valence-corrected chi connectivity index (χ2v) is 5.18. The summed E-state index contributed by atoms with van der Waals surface area (Å²) in [5, 5.41) is 2.90. The molecular formula is C18H21NO2. The van der Waals surface area contributed by atoms with Crippen LogP contribution < -0.4 is 10.1 Å². The average molecular weight is 283 g/mol. The molecule has 0 heterocycles. The fourth-order valence-electron chi connectivity index (χ4n) is 1.96. The Kier molecular flexibility index (Phi) is 5.38. The molecule has 0 aliphatic carbocycles. The van der Waals surface area contributed by atoms with E-state index in [2.05, 4.69) is 5.32 Å². The van der Waals surface area contributed by atoms with Gasteiger partial charge in [-0.3, -0.25) is 4.79 Å². The maximum atomic E-state index is 11.7. The summed E-state index contributed by atoms with van der Waals surface area (Å²) in [7, 11) is 0. The zero-order chi connectivity index (χ0) is 15.1. The molecule has 2 rings (SSSR count). The zero-order valence-electron chi connectivity index (χ0n) is 12.6. The number of benzene rings is 2. The number of ether oxygens (including phenoxy) is 1. The first-order valence-electron chi connectivity index (χ1n) is 7.15. The lowest BCUT2D eigenvalue weighted by atomic mass is 10.1. The molecule has 0 atom stereocenters. The summed E-state index contributed by atoms with van der Waals surface area (Å²) in [6.07, 6.45) is 0.361. The van der Waals surface area contributed by atoms with Crippen LogP contribution in [0.2, 0.25) is 0 Å². The molecular weight excluding hydrogens is 262 g/mol. The predicted molar refractivity (Wildman–Crippen MR) is 84.3 cm³/mol. The second-order valence-electron chi connectivity index (χ2n) is 5.18. The van der Waals surface area contributed by atoms with Crippen LogP contribution in [0.4, 0.5) is 0 Å². The molecule has 2 aromatic rings. The van der Waals surface area contributed by atoms with Crippen LogP contribution in [0.1, 0.15) is 23.1 Å². The lowest BCUT2D eigenvalue weighted by Gasteiger charge is -2.08. The van der Waals surface area contributed by atoms with Crippen LogP contribution >= 0.6 is 0 Å². The highest BCUT2D eigenvalue weighted by molar-refractivity contribution is 5.75. The third-order valence-electron chi connectivity index (χ3n) is 3.20. The van der Waals surface area contributed by atoms with E-state index in [9.17, 15) is 4.79 Å². The molecule has 2 aromatic carbocycles. The largest absolute Gasteiger partial charge is 0.493 e. The SMILES string of the molecule is Cc1ccc(CNC(=O)CCOc2cccc(C)c2)cc1. The van der Waals surface area contributed by atoms with Gasteiger partial charge in [0.05, 0.1) is 13.0 Å². The minimum Gasteiger partial charge on any atom is -0.493 e. The number of aryl methyl sites for hydroxylation is 2. The van der Waals surface area contributed by atoms with Crippen LogP contribution in [0, 0.1) is 13.8 Å². The first kappa shape index (κ1) is 15.1. The van der Waals surface area contributed by atoms with Crippen molar-refractivity contribution in [2.24, 2.45) is 0 Å². The summed E-state index contributed by atoms with van der Waals surface area (Å²) in [4.78, 5) is 11.7. The normalized spacial score (nSPS) is 10.2. The number of carbonyl (C=O) groups is 1. The van der Waals surface area contributed by atoms with Crippen LogP contribution in [-0.2, 0) is 11.3 Å². The van der Waals surface area contributed by atoms with Gasteiger partial charge in [0, 0.05) is 6.54 Å². The van der Waals surface area contributed by atoms with Crippen LogP contribution in [-0.4, -0.2) is 12.5 Å². The minimum absolute atomic E-state index is 0.00299. The summed E-state index contributed by atoms with van der Waals surface area (Å²) in [5.41, 5.74) is 3.47. The van der Waals surface area contributed by atoms with Crippen molar-refractivity contribution >= 4 is 5.91 Å². The highest BCUT2D eigenvalue weighted by Gasteiger charge is 2.02. The van der Waals surface area contributed by atoms with Crippen molar-refractivity contribution in [1.82, 2.24) is 5.32 Å². The molecule has 0 aromatic heterocycles. The highest BCUT2D eigenvalue weighted by Crippen LogP contribution is 2.12. The average Bonchev–Trinajstić information content (AvgIpc) is 2.47. The third-order valence-corrected chi connectivity index (χ3v) is 3.20. The Labute approximate surface area is 126 Å². The van der Waals surface area contributed by atoms with E-state index in [-0.39, 0.29) is 5.91 Å². The molecule has 1 amide bonds. The van der Waals surface area contributed by atoms with Crippen LogP contribution in [0.25, 0.3) is 0 Å². The van der Waals surface area contributed by atoms with Crippen molar-refractivity contribution in [3.05, 3.63) is 65.2 Å². The van der Waals surface area contributed by atoms with E-state index in [1.54, 1.807) is 0 Å². The van der Waals surface area contributed by atoms with Gasteiger partial charge < -0.3 is 10.1 Å². The fourth-order valence-corrected chi connectivity index (χ4v) is 1.96. The number of hydrogen-bond donors (Lipinski definition) is 1. The van der Waals surface area contributed by atoms with E-state index in [0.717, 1.165) is 16.9 Å². The van der Waals surface area contributed by atoms with Gasteiger partial charge in [-0.25, -0.2) is 0 Å². The predicted octanol–water partition coefficient (Wildman–Crippen LogP) is 3.39. The molecule has 0 fully saturated rings. The summed E-state index contributed by atoms with van der Waals surface area (Å²) in [6, 6.07) is 16.0. The van der Waals surface area contributed by atoms with Gasteiger partial charge in [-0.15, -0.1) is 0 Å². The van der Waals surface area contributed by atoms with Gasteiger partial charge in [0.2, 0.25) is 5.91 Å². The van der Waals surface area contributed by atoms with Gasteiger partial charge in [-0.05, 0) is 37.1 Å². The lowest BCUT2D eigenvalue weighted by Crippen LogP contribution is -2.24. The smallest absolute Gasteiger partial charge is 0.223 e. The van der Waals surface area contributed by atoms with E-state index in [1.165, 1.54) is 5.56 Å². The van der Waals surface area contributed by atoms with Crippen molar-refractivity contribution in [1.29, 1.82) is 0 Å². The molecule has 3 heteroatoms. The molecule has 0 spiro atoms. The lowest BCUT2D eigenvalue weighted by molar-refractivity contribution is -0.121. The van der Waals surface area contributed by atoms with Crippen LogP contribution in [0.5, 0.6) is 5.75 Å². The number of nitrogens with one attached hydrogen (secondary N) is 1. The van der Waals surface area contributed by atoms with Crippen molar-refractivity contribution < 1.29 is 9.53 Å². The van der Waals surface area contributed by atoms with Crippen LogP contribution in [0.3, 0.4) is 0 Å². The Morgan fingerprint density at radius 2 is 1.81 bits per heavy atom. The van der Waals surface area contributed by atoms with E-state index >= 15 is 0 Å². The number of carbonyl (C=O) groups excluding carboxylic acids is 1. The third kappa shape index (κ3) is 5.30. The van der Waals surface area contributed by atoms with E-state index in [4.69, 9.17) is 4.74 Å². The summed E-state index contributed by atoms with van der Waals surface area (Å²) in [6.45, 7) is 5.01. The van der Waals surface area contributed by atoms with Crippen molar-refractivity contribution in [3.8, 4) is 5.75 Å². The second kappa shape index (κ2) is 7.48. The Morgan fingerprint density at radius 3 is 2.52 bits per heavy atom. The molecule has 1 N–H and O–H groups in total. The molecule has 0 saturated carbocycles. The monoisotopic (exact) mass is 283 g/mol. The molecule has 0 aliphatic heterocycles. The summed E-state index contributed by atoms with van der Waals surface area (Å²) >= 11 is 0. The van der Waals surface area contributed by atoms with Crippen molar-refractivity contribution in [2.75, 3.05) is 6.61 Å². The van der Waals surface area contributed by atoms with Crippen molar-refractivity contribution in [2.45, 2.75) is 26.8 Å². The first-order valence-corrected chi connectivity index (χ1v) is 7.15. The van der Waals surface area contributed by atoms with E-state index in [0.29, 0.717) is 19.6 Å². The Bertz CT molecular complexity index is 590. The van der Waals surface area contributed by atoms with E-state index in [1.807, 2.05) is 62.4 Å². The maximum Gasteiger partial charge on any atom is 0.223 e. The minimum atomic E-state index is 0.00299. The van der Waals surface area contributed by atoms with Gasteiger partial charge in [-0.1, -0.05) is 42.0 Å². The molecule has 110 valence electrons. The van der Waals surface area contributed by atoms with Gasteiger partial charge in [0.25, 0.3) is 0 Å². The number of rotatable bonds is 6. The summed E-state index contributed by atoms with van der Waals surface area (Å²) < 4.78 is 5.56. The molecule has 0 unspecified atom stereocenters.